The normalized spacial score (nSPS) is 10.0. The topological polar surface area (TPSA) is 99.1 Å². The Hall–Kier alpha value is -3.78. The Bertz CT molecular complexity index is 956. The summed E-state index contributed by atoms with van der Waals surface area (Å²) in [4.78, 5) is 11.1. The summed E-state index contributed by atoms with van der Waals surface area (Å²) in [6.45, 7) is 0. The van der Waals surface area contributed by atoms with Gasteiger partial charge in [-0.25, -0.2) is 4.79 Å². The third kappa shape index (κ3) is 3.59. The maximum Gasteiger partial charge on any atom is 0.335 e. The number of carboxylic acid groups (broad SMARTS) is 1. The first kappa shape index (κ1) is 16.1. The van der Waals surface area contributed by atoms with Crippen LogP contribution in [-0.4, -0.2) is 11.1 Å². The fourth-order valence-corrected chi connectivity index (χ4v) is 2.44. The van der Waals surface area contributed by atoms with E-state index in [9.17, 15) is 4.79 Å². The van der Waals surface area contributed by atoms with E-state index in [1.807, 2.05) is 36.4 Å². The number of nitrogens with one attached hydrogen (secondary N) is 1. The predicted molar refractivity (Wildman–Crippen MR) is 97.7 cm³/mol. The van der Waals surface area contributed by atoms with E-state index >= 15 is 0 Å². The first-order valence-corrected chi connectivity index (χ1v) is 7.57. The molecule has 0 aromatic heterocycles. The molecule has 5 nitrogen and oxygen atoms in total. The lowest BCUT2D eigenvalue weighted by Gasteiger charge is -2.11. The molecule has 3 rings (SSSR count). The van der Waals surface area contributed by atoms with E-state index in [-0.39, 0.29) is 5.56 Å². The minimum atomic E-state index is -1.00. The smallest absolute Gasteiger partial charge is 0.335 e. The Morgan fingerprint density at radius 2 is 1.56 bits per heavy atom. The molecule has 0 radical (unpaired) electrons. The van der Waals surface area contributed by atoms with E-state index in [1.165, 1.54) is 12.1 Å². The maximum atomic E-state index is 11.1. The number of anilines is 3. The molecule has 4 N–H and O–H groups in total. The molecule has 3 aromatic carbocycles. The van der Waals surface area contributed by atoms with Crippen LogP contribution >= 0.6 is 0 Å². The summed E-state index contributed by atoms with van der Waals surface area (Å²) >= 11 is 0. The Morgan fingerprint density at radius 3 is 2.12 bits per heavy atom. The molecule has 5 heteroatoms. The van der Waals surface area contributed by atoms with E-state index in [4.69, 9.17) is 16.1 Å². The third-order valence-electron chi connectivity index (χ3n) is 3.81. The van der Waals surface area contributed by atoms with Crippen LogP contribution in [-0.2, 0) is 0 Å². The highest BCUT2D eigenvalue weighted by Gasteiger charge is 2.07. The van der Waals surface area contributed by atoms with Gasteiger partial charge in [0.25, 0.3) is 0 Å². The van der Waals surface area contributed by atoms with Gasteiger partial charge in [0.1, 0.15) is 0 Å². The van der Waals surface area contributed by atoms with Crippen LogP contribution in [0.25, 0.3) is 11.1 Å². The summed E-state index contributed by atoms with van der Waals surface area (Å²) in [7, 11) is 0. The molecular weight excluding hydrogens is 314 g/mol. The summed E-state index contributed by atoms with van der Waals surface area (Å²) in [6, 6.07) is 21.7. The second-order valence-electron chi connectivity index (χ2n) is 5.50. The van der Waals surface area contributed by atoms with Crippen molar-refractivity contribution in [1.29, 1.82) is 5.26 Å². The number of nitrogens with zero attached hydrogens (tertiary/aromatic N) is 1. The molecule has 0 fully saturated rings. The molecule has 0 aliphatic rings. The van der Waals surface area contributed by atoms with Gasteiger partial charge in [-0.1, -0.05) is 24.3 Å². The van der Waals surface area contributed by atoms with Gasteiger partial charge in [-0.05, 0) is 53.6 Å². The van der Waals surface area contributed by atoms with Crippen molar-refractivity contribution in [3.63, 3.8) is 0 Å². The number of benzene rings is 3. The van der Waals surface area contributed by atoms with Crippen molar-refractivity contribution < 1.29 is 9.90 Å². The monoisotopic (exact) mass is 329 g/mol. The van der Waals surface area contributed by atoms with Gasteiger partial charge < -0.3 is 16.2 Å². The van der Waals surface area contributed by atoms with Crippen LogP contribution in [0.2, 0.25) is 0 Å². The lowest BCUT2D eigenvalue weighted by atomic mass is 10.0. The van der Waals surface area contributed by atoms with Gasteiger partial charge in [0.2, 0.25) is 0 Å². The fraction of sp³-hybridized carbons (Fsp3) is 0. The first-order chi connectivity index (χ1) is 12.1. The summed E-state index contributed by atoms with van der Waals surface area (Å²) in [6.07, 6.45) is 0. The molecule has 122 valence electrons. The van der Waals surface area contributed by atoms with Crippen molar-refractivity contribution in [2.24, 2.45) is 0 Å². The zero-order valence-corrected chi connectivity index (χ0v) is 13.2. The molecule has 0 atom stereocenters. The Kier molecular flexibility index (Phi) is 4.36. The first-order valence-electron chi connectivity index (χ1n) is 7.57. The number of rotatable bonds is 4. The zero-order valence-electron chi connectivity index (χ0n) is 13.2. The third-order valence-corrected chi connectivity index (χ3v) is 3.81. The van der Waals surface area contributed by atoms with Gasteiger partial charge in [0, 0.05) is 5.69 Å². The van der Waals surface area contributed by atoms with Gasteiger partial charge in [0.05, 0.1) is 28.6 Å². The van der Waals surface area contributed by atoms with Gasteiger partial charge in [-0.3, -0.25) is 0 Å². The molecule has 0 bridgehead atoms. The van der Waals surface area contributed by atoms with Crippen LogP contribution in [0.5, 0.6) is 0 Å². The molecule has 0 amide bonds. The van der Waals surface area contributed by atoms with Crippen molar-refractivity contribution in [1.82, 2.24) is 0 Å². The van der Waals surface area contributed by atoms with Crippen molar-refractivity contribution in [3.8, 4) is 17.2 Å². The number of aromatic carboxylic acids is 1. The van der Waals surface area contributed by atoms with Crippen LogP contribution in [0.4, 0.5) is 17.1 Å². The number of hydrogen-bond acceptors (Lipinski definition) is 4. The molecule has 0 aliphatic carbocycles. The largest absolute Gasteiger partial charge is 0.478 e. The molecule has 3 aromatic rings. The van der Waals surface area contributed by atoms with Crippen molar-refractivity contribution in [2.75, 3.05) is 11.1 Å². The van der Waals surface area contributed by atoms with Crippen LogP contribution < -0.4 is 11.1 Å². The summed E-state index contributed by atoms with van der Waals surface area (Å²) in [5, 5.41) is 21.1. The van der Waals surface area contributed by atoms with Crippen LogP contribution in [0, 0.1) is 11.3 Å². The van der Waals surface area contributed by atoms with Gasteiger partial charge >= 0.3 is 5.97 Å². The lowest BCUT2D eigenvalue weighted by Crippen LogP contribution is -2.01. The Labute approximate surface area is 145 Å². The van der Waals surface area contributed by atoms with Crippen molar-refractivity contribution in [2.45, 2.75) is 0 Å². The Morgan fingerprint density at radius 1 is 0.960 bits per heavy atom. The van der Waals surface area contributed by atoms with Gasteiger partial charge in [-0.2, -0.15) is 5.26 Å². The lowest BCUT2D eigenvalue weighted by molar-refractivity contribution is 0.0697. The Balaban J connectivity index is 1.82. The summed E-state index contributed by atoms with van der Waals surface area (Å²) in [5.74, 6) is -1.00. The van der Waals surface area contributed by atoms with Gasteiger partial charge in [0.15, 0.2) is 0 Å². The number of nitrogen functional groups attached to an aromatic ring is 1. The summed E-state index contributed by atoms with van der Waals surface area (Å²) < 4.78 is 0. The number of carboxylic acids is 1. The van der Waals surface area contributed by atoms with Crippen molar-refractivity contribution >= 4 is 23.0 Å². The highest BCUT2D eigenvalue weighted by Crippen LogP contribution is 2.27. The second-order valence-corrected chi connectivity index (χ2v) is 5.50. The van der Waals surface area contributed by atoms with E-state index in [1.54, 1.807) is 18.2 Å². The molecule has 0 spiro atoms. The molecule has 0 saturated carbocycles. The second kappa shape index (κ2) is 6.77. The highest BCUT2D eigenvalue weighted by molar-refractivity contribution is 5.91. The standard InChI is InChI=1S/C20H15N3O2/c21-12-13-1-3-14(4-2-13)15-5-8-17(9-6-15)23-19-11-16(20(24)25)7-10-18(19)22/h1-11,23H,22H2,(H,24,25). The van der Waals surface area contributed by atoms with E-state index in [0.717, 1.165) is 16.8 Å². The minimum absolute atomic E-state index is 0.172. The number of nitriles is 1. The molecular formula is C20H15N3O2. The number of carbonyl (C=O) groups is 1. The fourth-order valence-electron chi connectivity index (χ4n) is 2.44. The number of nitrogens with two attached hydrogens (primary N) is 1. The average molecular weight is 329 g/mol. The van der Waals surface area contributed by atoms with E-state index < -0.39 is 5.97 Å². The van der Waals surface area contributed by atoms with Crippen LogP contribution in [0.3, 0.4) is 0 Å². The van der Waals surface area contributed by atoms with Crippen LogP contribution in [0.1, 0.15) is 15.9 Å². The predicted octanol–water partition coefficient (Wildman–Crippen LogP) is 4.25. The van der Waals surface area contributed by atoms with E-state index in [2.05, 4.69) is 11.4 Å². The SMILES string of the molecule is N#Cc1ccc(-c2ccc(Nc3cc(C(=O)O)ccc3N)cc2)cc1. The summed E-state index contributed by atoms with van der Waals surface area (Å²) in [5.41, 5.74) is 10.5. The zero-order chi connectivity index (χ0) is 17.8. The average Bonchev–Trinajstić information content (AvgIpc) is 2.64. The number of hydrogen-bond donors (Lipinski definition) is 3. The molecule has 0 heterocycles. The van der Waals surface area contributed by atoms with Crippen molar-refractivity contribution in [3.05, 3.63) is 77.9 Å². The molecule has 0 saturated heterocycles. The van der Waals surface area contributed by atoms with Crippen LogP contribution in [0.15, 0.2) is 66.7 Å². The maximum absolute atomic E-state index is 11.1. The minimum Gasteiger partial charge on any atom is -0.478 e. The quantitative estimate of drug-likeness (QED) is 0.621. The highest BCUT2D eigenvalue weighted by atomic mass is 16.4. The molecule has 25 heavy (non-hydrogen) atoms. The van der Waals surface area contributed by atoms with E-state index in [0.29, 0.717) is 16.9 Å². The van der Waals surface area contributed by atoms with Gasteiger partial charge in [-0.15, -0.1) is 0 Å². The molecule has 0 unspecified atom stereocenters. The molecule has 0 aliphatic heterocycles.